The number of hydrogen-bond donors (Lipinski definition) is 4. The molecule has 228 valence electrons. The summed E-state index contributed by atoms with van der Waals surface area (Å²) in [6, 6.07) is 7.35. The highest BCUT2D eigenvalue weighted by Gasteiger charge is 2.12. The van der Waals surface area contributed by atoms with Gasteiger partial charge in [-0.05, 0) is 12.1 Å². The molecule has 3 aromatic rings. The van der Waals surface area contributed by atoms with Crippen LogP contribution >= 0.6 is 0 Å². The van der Waals surface area contributed by atoms with Crippen LogP contribution in [0.1, 0.15) is 36.5 Å². The molecule has 2 amide bonds. The molecule has 0 radical (unpaired) electrons. The molecule has 3 rings (SSSR count). The Hall–Kier alpha value is -4.43. The number of rotatable bonds is 18. The number of carbonyl (C=O) groups is 2. The third-order valence-electron chi connectivity index (χ3n) is 6.09. The average Bonchev–Trinajstić information content (AvgIpc) is 3.33. The van der Waals surface area contributed by atoms with E-state index in [0.717, 1.165) is 16.8 Å². The normalized spacial score (nSPS) is 10.7. The third-order valence-corrected chi connectivity index (χ3v) is 6.09. The Bertz CT molecular complexity index is 1220. The Balaban J connectivity index is 1.49. The first-order chi connectivity index (χ1) is 20.3. The van der Waals surface area contributed by atoms with Gasteiger partial charge in [-0.1, -0.05) is 0 Å². The molecule has 14 heteroatoms. The molecule has 3 heterocycles. The van der Waals surface area contributed by atoms with E-state index >= 15 is 0 Å². The van der Waals surface area contributed by atoms with E-state index in [-0.39, 0.29) is 25.0 Å². The number of amides is 2. The lowest BCUT2D eigenvalue weighted by molar-refractivity contribution is -0.119. The van der Waals surface area contributed by atoms with Crippen molar-refractivity contribution in [2.75, 3.05) is 40.4 Å². The summed E-state index contributed by atoms with van der Waals surface area (Å²) in [5.74, 6) is 2.34. The predicted octanol–water partition coefficient (Wildman–Crippen LogP) is 0.837. The summed E-state index contributed by atoms with van der Waals surface area (Å²) in [5, 5.41) is 12.0. The highest BCUT2D eigenvalue weighted by atomic mass is 16.5. The average molecular weight is 585 g/mol. The van der Waals surface area contributed by atoms with Crippen LogP contribution in [0.5, 0.6) is 23.5 Å². The van der Waals surface area contributed by atoms with Crippen molar-refractivity contribution in [2.45, 2.75) is 40.2 Å². The van der Waals surface area contributed by atoms with E-state index in [1.165, 1.54) is 13.8 Å². The number of imidazole rings is 1. The van der Waals surface area contributed by atoms with Gasteiger partial charge in [-0.15, -0.1) is 0 Å². The van der Waals surface area contributed by atoms with Crippen molar-refractivity contribution < 1.29 is 28.5 Å². The second kappa shape index (κ2) is 16.7. The zero-order chi connectivity index (χ0) is 30.3. The Morgan fingerprint density at radius 2 is 1.26 bits per heavy atom. The SMILES string of the molecule is COc1nc(OCc2cnc(COc3ccc(CNCCNC(C)=O)c(OC)n3)n2C)ccc1CNCCNC(C)=O. The molecule has 0 saturated carbocycles. The molecule has 0 fully saturated rings. The van der Waals surface area contributed by atoms with E-state index in [4.69, 9.17) is 18.9 Å². The molecular formula is C28H40N8O6. The van der Waals surface area contributed by atoms with Crippen molar-refractivity contribution in [3.05, 3.63) is 53.1 Å². The molecule has 3 aromatic heterocycles. The third kappa shape index (κ3) is 10.2. The van der Waals surface area contributed by atoms with Crippen LogP contribution in [-0.4, -0.2) is 71.7 Å². The number of ether oxygens (including phenoxy) is 4. The van der Waals surface area contributed by atoms with Crippen LogP contribution < -0.4 is 40.2 Å². The monoisotopic (exact) mass is 584 g/mol. The van der Waals surface area contributed by atoms with Crippen molar-refractivity contribution in [1.29, 1.82) is 0 Å². The second-order valence-corrected chi connectivity index (χ2v) is 9.26. The maximum absolute atomic E-state index is 11.0. The van der Waals surface area contributed by atoms with Gasteiger partial charge < -0.3 is 44.8 Å². The Morgan fingerprint density at radius 1 is 0.762 bits per heavy atom. The van der Waals surface area contributed by atoms with Gasteiger partial charge in [0.25, 0.3) is 0 Å². The first kappa shape index (κ1) is 32.1. The van der Waals surface area contributed by atoms with Crippen molar-refractivity contribution in [1.82, 2.24) is 40.8 Å². The fraction of sp³-hybridized carbons (Fsp3) is 0.464. The summed E-state index contributed by atoms with van der Waals surface area (Å²) in [7, 11) is 5.01. The highest BCUT2D eigenvalue weighted by molar-refractivity contribution is 5.73. The van der Waals surface area contributed by atoms with Crippen molar-refractivity contribution in [3.63, 3.8) is 0 Å². The number of pyridine rings is 2. The fourth-order valence-corrected chi connectivity index (χ4v) is 3.83. The molecule has 0 aliphatic heterocycles. The summed E-state index contributed by atoms with van der Waals surface area (Å²) in [6.45, 7) is 6.86. The number of methoxy groups -OCH3 is 2. The smallest absolute Gasteiger partial charge is 0.220 e. The minimum atomic E-state index is -0.0604. The summed E-state index contributed by atoms with van der Waals surface area (Å²) in [5.41, 5.74) is 2.59. The summed E-state index contributed by atoms with van der Waals surface area (Å²) >= 11 is 0. The molecule has 0 bridgehead atoms. The topological polar surface area (TPSA) is 163 Å². The van der Waals surface area contributed by atoms with E-state index in [1.54, 1.807) is 32.5 Å². The van der Waals surface area contributed by atoms with Gasteiger partial charge in [0.15, 0.2) is 0 Å². The number of hydrogen-bond acceptors (Lipinski definition) is 11. The van der Waals surface area contributed by atoms with Crippen LogP contribution in [0.25, 0.3) is 0 Å². The molecule has 0 aliphatic carbocycles. The van der Waals surface area contributed by atoms with Gasteiger partial charge in [0.2, 0.25) is 35.3 Å². The van der Waals surface area contributed by atoms with Crippen molar-refractivity contribution >= 4 is 11.8 Å². The quantitative estimate of drug-likeness (QED) is 0.157. The van der Waals surface area contributed by atoms with Crippen LogP contribution in [0.2, 0.25) is 0 Å². The molecule has 0 atom stereocenters. The standard InChI is InChI=1S/C28H40N8O6/c1-19(37)31-12-10-29-14-21-6-8-25(34-27(21)39-4)41-17-23-16-33-24(36(23)3)18-42-26-9-7-22(28(35-26)40-5)15-30-11-13-32-20(2)38/h6-9,16,29-30H,10-15,17-18H2,1-5H3,(H,31,37)(H,32,38). The fourth-order valence-electron chi connectivity index (χ4n) is 3.83. The van der Waals surface area contributed by atoms with E-state index < -0.39 is 0 Å². The van der Waals surface area contributed by atoms with Crippen LogP contribution in [0.3, 0.4) is 0 Å². The van der Waals surface area contributed by atoms with E-state index in [2.05, 4.69) is 36.2 Å². The van der Waals surface area contributed by atoms with Crippen LogP contribution in [0.15, 0.2) is 30.5 Å². The predicted molar refractivity (Wildman–Crippen MR) is 154 cm³/mol. The van der Waals surface area contributed by atoms with E-state index in [9.17, 15) is 9.59 Å². The lowest BCUT2D eigenvalue weighted by atomic mass is 10.2. The number of aromatic nitrogens is 4. The lowest BCUT2D eigenvalue weighted by Crippen LogP contribution is -2.30. The van der Waals surface area contributed by atoms with Gasteiger partial charge >= 0.3 is 0 Å². The molecule has 4 N–H and O–H groups in total. The highest BCUT2D eigenvalue weighted by Crippen LogP contribution is 2.22. The van der Waals surface area contributed by atoms with E-state index in [1.807, 2.05) is 23.7 Å². The number of nitrogens with one attached hydrogen (secondary N) is 4. The van der Waals surface area contributed by atoms with Crippen LogP contribution in [0.4, 0.5) is 0 Å². The van der Waals surface area contributed by atoms with Crippen molar-refractivity contribution in [2.24, 2.45) is 7.05 Å². The van der Waals surface area contributed by atoms with Crippen LogP contribution in [0, 0.1) is 0 Å². The molecule has 0 unspecified atom stereocenters. The van der Waals surface area contributed by atoms with Gasteiger partial charge in [0.05, 0.1) is 26.1 Å². The zero-order valence-electron chi connectivity index (χ0n) is 24.8. The van der Waals surface area contributed by atoms with Crippen LogP contribution in [-0.2, 0) is 42.9 Å². The molecule has 0 aliphatic rings. The first-order valence-corrected chi connectivity index (χ1v) is 13.5. The van der Waals surface area contributed by atoms with E-state index in [0.29, 0.717) is 68.6 Å². The number of carbonyl (C=O) groups excluding carboxylic acids is 2. The molecule has 0 aromatic carbocycles. The zero-order valence-corrected chi connectivity index (χ0v) is 24.8. The maximum atomic E-state index is 11.0. The molecule has 0 saturated heterocycles. The molecule has 42 heavy (non-hydrogen) atoms. The molecule has 14 nitrogen and oxygen atoms in total. The molecular weight excluding hydrogens is 544 g/mol. The second-order valence-electron chi connectivity index (χ2n) is 9.26. The Morgan fingerprint density at radius 3 is 1.74 bits per heavy atom. The van der Waals surface area contributed by atoms with Gasteiger partial charge in [-0.25, -0.2) is 4.98 Å². The largest absolute Gasteiger partial charge is 0.481 e. The molecule has 0 spiro atoms. The minimum absolute atomic E-state index is 0.0598. The van der Waals surface area contributed by atoms with Crippen molar-refractivity contribution in [3.8, 4) is 23.5 Å². The maximum Gasteiger partial charge on any atom is 0.220 e. The van der Waals surface area contributed by atoms with Gasteiger partial charge in [0, 0.05) is 83.4 Å². The Labute approximate surface area is 245 Å². The van der Waals surface area contributed by atoms with Gasteiger partial charge in [-0.3, -0.25) is 9.59 Å². The summed E-state index contributed by atoms with van der Waals surface area (Å²) in [4.78, 5) is 35.3. The van der Waals surface area contributed by atoms with Gasteiger partial charge in [-0.2, -0.15) is 9.97 Å². The minimum Gasteiger partial charge on any atom is -0.481 e. The summed E-state index contributed by atoms with van der Waals surface area (Å²) < 4.78 is 24.5. The summed E-state index contributed by atoms with van der Waals surface area (Å²) in [6.07, 6.45) is 1.73. The van der Waals surface area contributed by atoms with Gasteiger partial charge in [0.1, 0.15) is 19.0 Å². The Kier molecular flexibility index (Phi) is 12.8. The first-order valence-electron chi connectivity index (χ1n) is 13.5. The number of nitrogens with zero attached hydrogens (tertiary/aromatic N) is 4. The lowest BCUT2D eigenvalue weighted by Gasteiger charge is -2.13.